The molecule has 0 bridgehead atoms. The molecule has 0 aliphatic carbocycles. The number of hydrogen-bond donors (Lipinski definition) is 0. The summed E-state index contributed by atoms with van der Waals surface area (Å²) in [6, 6.07) is 5.55. The van der Waals surface area contributed by atoms with Gasteiger partial charge in [0.25, 0.3) is 5.56 Å². The first-order chi connectivity index (χ1) is 14.1. The lowest BCUT2D eigenvalue weighted by molar-refractivity contribution is 0.189. The van der Waals surface area contributed by atoms with E-state index in [-0.39, 0.29) is 17.5 Å². The van der Waals surface area contributed by atoms with Crippen LogP contribution in [0.3, 0.4) is 0 Å². The Morgan fingerprint density at radius 3 is 2.97 bits per heavy atom. The van der Waals surface area contributed by atoms with Crippen LogP contribution in [0.1, 0.15) is 44.5 Å². The third-order valence-corrected chi connectivity index (χ3v) is 5.92. The second kappa shape index (κ2) is 6.96. The van der Waals surface area contributed by atoms with Gasteiger partial charge in [-0.05, 0) is 31.9 Å². The van der Waals surface area contributed by atoms with Gasteiger partial charge in [0.05, 0.1) is 28.6 Å². The maximum atomic E-state index is 13.6. The van der Waals surface area contributed by atoms with E-state index in [4.69, 9.17) is 20.9 Å². The van der Waals surface area contributed by atoms with Crippen molar-refractivity contribution in [3.8, 4) is 11.5 Å². The van der Waals surface area contributed by atoms with Gasteiger partial charge in [0, 0.05) is 12.6 Å². The van der Waals surface area contributed by atoms with Crippen LogP contribution in [0.2, 0.25) is 5.02 Å². The molecule has 0 amide bonds. The second-order valence-corrected chi connectivity index (χ2v) is 7.78. The quantitative estimate of drug-likeness (QED) is 0.505. The zero-order chi connectivity index (χ0) is 20.1. The Kier molecular flexibility index (Phi) is 4.40. The van der Waals surface area contributed by atoms with Crippen molar-refractivity contribution in [2.45, 2.75) is 38.6 Å². The molecule has 0 saturated carbocycles. The van der Waals surface area contributed by atoms with Crippen molar-refractivity contribution in [3.63, 3.8) is 0 Å². The lowest BCUT2D eigenvalue weighted by Gasteiger charge is -2.18. The molecule has 1 fully saturated rings. The van der Waals surface area contributed by atoms with Gasteiger partial charge >= 0.3 is 0 Å². The molecule has 0 spiro atoms. The molecule has 5 rings (SSSR count). The highest BCUT2D eigenvalue weighted by Crippen LogP contribution is 2.30. The van der Waals surface area contributed by atoms with Gasteiger partial charge in [0.2, 0.25) is 11.7 Å². The highest BCUT2D eigenvalue weighted by Gasteiger charge is 2.27. The van der Waals surface area contributed by atoms with E-state index < -0.39 is 0 Å². The number of para-hydroxylation sites is 1. The van der Waals surface area contributed by atoms with E-state index in [2.05, 4.69) is 15.1 Å². The Balaban J connectivity index is 1.78. The van der Waals surface area contributed by atoms with Crippen molar-refractivity contribution in [1.29, 1.82) is 0 Å². The third-order valence-electron chi connectivity index (χ3n) is 5.62. The number of nitrogens with zero attached hydrogens (tertiary/aromatic N) is 5. The Morgan fingerprint density at radius 2 is 2.21 bits per heavy atom. The molecule has 0 N–H and O–H groups in total. The summed E-state index contributed by atoms with van der Waals surface area (Å²) in [5.74, 6) is 0.912. The van der Waals surface area contributed by atoms with Crippen molar-refractivity contribution in [3.05, 3.63) is 45.8 Å². The molecule has 1 aliphatic rings. The maximum Gasteiger partial charge on any atom is 0.278 e. The molecular weight excluding hydrogens is 394 g/mol. The average molecular weight is 414 g/mol. The molecule has 4 aromatic rings. The normalized spacial score (nSPS) is 18.1. The maximum absolute atomic E-state index is 13.6. The summed E-state index contributed by atoms with van der Waals surface area (Å²) in [5, 5.41) is 4.62. The number of imidazole rings is 1. The molecule has 2 unspecified atom stereocenters. The van der Waals surface area contributed by atoms with E-state index in [0.717, 1.165) is 18.4 Å². The number of hydrogen-bond acceptors (Lipinski definition) is 6. The van der Waals surface area contributed by atoms with E-state index in [1.807, 2.05) is 26.0 Å². The lowest BCUT2D eigenvalue weighted by atomic mass is 10.1. The van der Waals surface area contributed by atoms with Crippen molar-refractivity contribution >= 4 is 28.2 Å². The monoisotopic (exact) mass is 413 g/mol. The molecule has 1 aliphatic heterocycles. The van der Waals surface area contributed by atoms with Crippen LogP contribution in [0, 0.1) is 0 Å². The van der Waals surface area contributed by atoms with E-state index in [9.17, 15) is 4.79 Å². The molecule has 4 heterocycles. The number of halogens is 1. The molecule has 9 heteroatoms. The smallest absolute Gasteiger partial charge is 0.278 e. The van der Waals surface area contributed by atoms with E-state index in [1.165, 1.54) is 0 Å². The SMILES string of the molecule is CCC(C)n1c(=O)c2c(-c3noc(C4CCOC4)n3)ncn2c2cccc(Cl)c21. The van der Waals surface area contributed by atoms with Crippen molar-refractivity contribution in [2.24, 2.45) is 0 Å². The molecular formula is C20H20ClN5O3. The summed E-state index contributed by atoms with van der Waals surface area (Å²) in [7, 11) is 0. The highest BCUT2D eigenvalue weighted by atomic mass is 35.5. The predicted octanol–water partition coefficient (Wildman–Crippen LogP) is 3.83. The molecule has 8 nitrogen and oxygen atoms in total. The molecule has 150 valence electrons. The minimum atomic E-state index is -0.178. The van der Waals surface area contributed by atoms with Crippen molar-refractivity contribution in [2.75, 3.05) is 13.2 Å². The first-order valence-corrected chi connectivity index (χ1v) is 10.1. The fourth-order valence-corrected chi connectivity index (χ4v) is 4.14. The number of rotatable bonds is 4. The number of fused-ring (bicyclic) bond motifs is 3. The van der Waals surface area contributed by atoms with Gasteiger partial charge in [-0.15, -0.1) is 0 Å². The van der Waals surface area contributed by atoms with Gasteiger partial charge in [-0.3, -0.25) is 9.20 Å². The van der Waals surface area contributed by atoms with Crippen LogP contribution >= 0.6 is 11.6 Å². The molecule has 29 heavy (non-hydrogen) atoms. The van der Waals surface area contributed by atoms with E-state index in [0.29, 0.717) is 46.7 Å². The van der Waals surface area contributed by atoms with Crippen LogP contribution in [0.25, 0.3) is 28.1 Å². The summed E-state index contributed by atoms with van der Waals surface area (Å²) in [4.78, 5) is 22.5. The van der Waals surface area contributed by atoms with Gasteiger partial charge < -0.3 is 13.8 Å². The topological polar surface area (TPSA) is 87.5 Å². The predicted molar refractivity (Wildman–Crippen MR) is 108 cm³/mol. The largest absolute Gasteiger partial charge is 0.381 e. The van der Waals surface area contributed by atoms with Crippen LogP contribution in [-0.4, -0.2) is 37.3 Å². The Morgan fingerprint density at radius 1 is 1.34 bits per heavy atom. The number of ether oxygens (including phenoxy) is 1. The van der Waals surface area contributed by atoms with Crippen molar-refractivity contribution < 1.29 is 9.26 Å². The first-order valence-electron chi connectivity index (χ1n) is 9.71. The van der Waals surface area contributed by atoms with Crippen LogP contribution < -0.4 is 5.56 Å². The summed E-state index contributed by atoms with van der Waals surface area (Å²) in [5.41, 5.74) is 2.14. The van der Waals surface area contributed by atoms with Crippen molar-refractivity contribution in [1.82, 2.24) is 24.1 Å². The Hall–Kier alpha value is -2.71. The van der Waals surface area contributed by atoms with Gasteiger partial charge in [0.15, 0.2) is 0 Å². The zero-order valence-electron chi connectivity index (χ0n) is 16.1. The highest BCUT2D eigenvalue weighted by molar-refractivity contribution is 6.35. The van der Waals surface area contributed by atoms with Crippen LogP contribution in [0.15, 0.2) is 33.8 Å². The summed E-state index contributed by atoms with van der Waals surface area (Å²) < 4.78 is 14.3. The average Bonchev–Trinajstić information content (AvgIpc) is 3.47. The van der Waals surface area contributed by atoms with Gasteiger partial charge in [-0.1, -0.05) is 29.7 Å². The van der Waals surface area contributed by atoms with E-state index >= 15 is 0 Å². The second-order valence-electron chi connectivity index (χ2n) is 7.37. The Labute approximate surface area is 171 Å². The van der Waals surface area contributed by atoms with Crippen LogP contribution in [0.5, 0.6) is 0 Å². The minimum Gasteiger partial charge on any atom is -0.381 e. The minimum absolute atomic E-state index is 0.0332. The fraction of sp³-hybridized carbons (Fsp3) is 0.400. The van der Waals surface area contributed by atoms with Gasteiger partial charge in [0.1, 0.15) is 17.5 Å². The number of aromatic nitrogens is 5. The number of benzene rings is 1. The fourth-order valence-electron chi connectivity index (χ4n) is 3.88. The summed E-state index contributed by atoms with van der Waals surface area (Å²) in [6.07, 6.45) is 3.24. The third kappa shape index (κ3) is 2.78. The standard InChI is InChI=1S/C20H20ClN5O3/c1-3-11(2)26-16-13(21)5-4-6-14(16)25-10-22-15(17(25)20(26)27)18-23-19(29-24-18)12-7-8-28-9-12/h4-6,10-12H,3,7-9H2,1-2H3. The lowest BCUT2D eigenvalue weighted by Crippen LogP contribution is -2.26. The van der Waals surface area contributed by atoms with Gasteiger partial charge in [-0.25, -0.2) is 4.98 Å². The molecule has 0 radical (unpaired) electrons. The summed E-state index contributed by atoms with van der Waals surface area (Å²) >= 11 is 6.49. The molecule has 1 saturated heterocycles. The van der Waals surface area contributed by atoms with E-state index in [1.54, 1.807) is 21.4 Å². The zero-order valence-corrected chi connectivity index (χ0v) is 16.9. The first kappa shape index (κ1) is 18.3. The van der Waals surface area contributed by atoms with Gasteiger partial charge in [-0.2, -0.15) is 4.98 Å². The van der Waals surface area contributed by atoms with Crippen LogP contribution in [-0.2, 0) is 4.74 Å². The van der Waals surface area contributed by atoms with Crippen LogP contribution in [0.4, 0.5) is 0 Å². The summed E-state index contributed by atoms with van der Waals surface area (Å²) in [6.45, 7) is 5.29. The molecule has 2 atom stereocenters. The molecule has 3 aromatic heterocycles. The molecule has 1 aromatic carbocycles. The Bertz CT molecular complexity index is 1270.